The molecule has 0 aromatic carbocycles. The highest BCUT2D eigenvalue weighted by atomic mass is 16.5. The van der Waals surface area contributed by atoms with E-state index >= 15 is 0 Å². The number of nitrogens with two attached hydrogens (primary N) is 1. The number of carbonyl (C=O) groups is 2. The van der Waals surface area contributed by atoms with Crippen molar-refractivity contribution in [3.63, 3.8) is 0 Å². The highest BCUT2D eigenvalue weighted by Crippen LogP contribution is 2.26. The normalized spacial score (nSPS) is 18.8. The van der Waals surface area contributed by atoms with Gasteiger partial charge in [0.15, 0.2) is 0 Å². The van der Waals surface area contributed by atoms with Gasteiger partial charge in [-0.2, -0.15) is 0 Å². The van der Waals surface area contributed by atoms with Crippen LogP contribution in [-0.2, 0) is 16.1 Å². The first kappa shape index (κ1) is 20.9. The molecule has 2 atom stereocenters. The summed E-state index contributed by atoms with van der Waals surface area (Å²) in [6, 6.07) is 4.75. The van der Waals surface area contributed by atoms with E-state index in [4.69, 9.17) is 15.2 Å². The minimum atomic E-state index is -0.694. The SMILES string of the molecule is COCCCn1c(C)cc(C(=O)N2C[C@@H](Oc3cccnc3)C[C@H]2C(N)=O)c1C. The average molecular weight is 400 g/mol. The molecule has 2 N–H and O–H groups in total. The molecular weight excluding hydrogens is 372 g/mol. The largest absolute Gasteiger partial charge is 0.487 e. The van der Waals surface area contributed by atoms with Crippen molar-refractivity contribution < 1.29 is 19.1 Å². The summed E-state index contributed by atoms with van der Waals surface area (Å²) in [7, 11) is 1.67. The molecule has 29 heavy (non-hydrogen) atoms. The molecule has 2 amide bonds. The number of aryl methyl sites for hydroxylation is 1. The molecule has 156 valence electrons. The lowest BCUT2D eigenvalue weighted by Gasteiger charge is -2.22. The Labute approximate surface area is 170 Å². The van der Waals surface area contributed by atoms with Crippen LogP contribution in [0, 0.1) is 13.8 Å². The molecule has 1 saturated heterocycles. The summed E-state index contributed by atoms with van der Waals surface area (Å²) in [5.41, 5.74) is 8.06. The highest BCUT2D eigenvalue weighted by Gasteiger charge is 2.40. The first-order valence-electron chi connectivity index (χ1n) is 9.75. The summed E-state index contributed by atoms with van der Waals surface area (Å²) in [6.07, 6.45) is 4.17. The molecule has 0 unspecified atom stereocenters. The van der Waals surface area contributed by atoms with Crippen LogP contribution in [0.2, 0.25) is 0 Å². The van der Waals surface area contributed by atoms with E-state index in [1.165, 1.54) is 4.90 Å². The molecule has 3 heterocycles. The van der Waals surface area contributed by atoms with Gasteiger partial charge in [0.25, 0.3) is 5.91 Å². The van der Waals surface area contributed by atoms with Gasteiger partial charge in [-0.15, -0.1) is 0 Å². The van der Waals surface area contributed by atoms with E-state index in [2.05, 4.69) is 9.55 Å². The van der Waals surface area contributed by atoms with E-state index in [9.17, 15) is 9.59 Å². The van der Waals surface area contributed by atoms with Crippen molar-refractivity contribution in [3.05, 3.63) is 47.5 Å². The lowest BCUT2D eigenvalue weighted by Crippen LogP contribution is -2.43. The fourth-order valence-corrected chi connectivity index (χ4v) is 3.87. The summed E-state index contributed by atoms with van der Waals surface area (Å²) in [5, 5.41) is 0. The number of hydrogen-bond donors (Lipinski definition) is 1. The van der Waals surface area contributed by atoms with Gasteiger partial charge in [-0.05, 0) is 38.5 Å². The molecule has 2 aromatic heterocycles. The molecule has 0 saturated carbocycles. The van der Waals surface area contributed by atoms with Gasteiger partial charge in [0.1, 0.15) is 17.9 Å². The fraction of sp³-hybridized carbons (Fsp3) is 0.476. The van der Waals surface area contributed by atoms with Gasteiger partial charge >= 0.3 is 0 Å². The number of aromatic nitrogens is 2. The van der Waals surface area contributed by atoms with E-state index in [-0.39, 0.29) is 12.0 Å². The van der Waals surface area contributed by atoms with Crippen molar-refractivity contribution in [1.82, 2.24) is 14.5 Å². The topological polar surface area (TPSA) is 99.7 Å². The van der Waals surface area contributed by atoms with Gasteiger partial charge in [0.05, 0.1) is 18.3 Å². The molecule has 8 nitrogen and oxygen atoms in total. The molecule has 8 heteroatoms. The number of likely N-dealkylation sites (tertiary alicyclic amines) is 1. The minimum Gasteiger partial charge on any atom is -0.487 e. The zero-order valence-corrected chi connectivity index (χ0v) is 17.1. The molecule has 3 rings (SSSR count). The molecule has 0 radical (unpaired) electrons. The quantitative estimate of drug-likeness (QED) is 0.680. The van der Waals surface area contributed by atoms with Crippen LogP contribution >= 0.6 is 0 Å². The maximum Gasteiger partial charge on any atom is 0.256 e. The first-order valence-corrected chi connectivity index (χ1v) is 9.75. The number of hydrogen-bond acceptors (Lipinski definition) is 5. The van der Waals surface area contributed by atoms with Crippen molar-refractivity contribution in [3.8, 4) is 5.75 Å². The van der Waals surface area contributed by atoms with Gasteiger partial charge in [-0.3, -0.25) is 14.6 Å². The standard InChI is InChI=1S/C21H28N4O4/c1-14-10-18(15(2)24(14)8-5-9-28-3)21(27)25-13-17(11-19(25)20(22)26)29-16-6-4-7-23-12-16/h4,6-7,10,12,17,19H,5,8-9,11,13H2,1-3H3,(H2,22,26)/t17-,19-/m0/s1. The lowest BCUT2D eigenvalue weighted by molar-refractivity contribution is -0.121. The molecule has 0 spiro atoms. The van der Waals surface area contributed by atoms with E-state index in [1.807, 2.05) is 19.9 Å². The number of amides is 2. The van der Waals surface area contributed by atoms with Gasteiger partial charge in [0, 0.05) is 44.3 Å². The van der Waals surface area contributed by atoms with Crippen LogP contribution in [-0.4, -0.2) is 58.7 Å². The van der Waals surface area contributed by atoms with Crippen LogP contribution < -0.4 is 10.5 Å². The number of primary amides is 1. The summed E-state index contributed by atoms with van der Waals surface area (Å²) in [6.45, 7) is 5.62. The molecule has 1 fully saturated rings. The highest BCUT2D eigenvalue weighted by molar-refractivity contribution is 5.99. The molecule has 0 aliphatic carbocycles. The monoisotopic (exact) mass is 400 g/mol. The zero-order chi connectivity index (χ0) is 21.0. The Morgan fingerprint density at radius 3 is 2.79 bits per heavy atom. The number of rotatable bonds is 8. The van der Waals surface area contributed by atoms with Crippen molar-refractivity contribution >= 4 is 11.8 Å². The van der Waals surface area contributed by atoms with Gasteiger partial charge in [-0.1, -0.05) is 0 Å². The van der Waals surface area contributed by atoms with Crippen LogP contribution in [0.1, 0.15) is 34.6 Å². The second kappa shape index (κ2) is 9.09. The third kappa shape index (κ3) is 4.59. The van der Waals surface area contributed by atoms with Crippen molar-refractivity contribution in [2.75, 3.05) is 20.3 Å². The van der Waals surface area contributed by atoms with Crippen LogP contribution in [0.25, 0.3) is 0 Å². The fourth-order valence-electron chi connectivity index (χ4n) is 3.87. The second-order valence-electron chi connectivity index (χ2n) is 7.32. The minimum absolute atomic E-state index is 0.197. The number of nitrogens with zero attached hydrogens (tertiary/aromatic N) is 3. The predicted molar refractivity (Wildman–Crippen MR) is 108 cm³/mol. The maximum atomic E-state index is 13.3. The Balaban J connectivity index is 1.78. The lowest BCUT2D eigenvalue weighted by atomic mass is 10.1. The van der Waals surface area contributed by atoms with Crippen molar-refractivity contribution in [2.45, 2.75) is 45.4 Å². The Morgan fingerprint density at radius 1 is 1.34 bits per heavy atom. The summed E-state index contributed by atoms with van der Waals surface area (Å²) >= 11 is 0. The molecular formula is C21H28N4O4. The first-order chi connectivity index (χ1) is 13.9. The van der Waals surface area contributed by atoms with E-state index in [1.54, 1.807) is 31.6 Å². The number of ether oxygens (including phenoxy) is 2. The Kier molecular flexibility index (Phi) is 6.53. The number of methoxy groups -OCH3 is 1. The third-order valence-electron chi connectivity index (χ3n) is 5.32. The van der Waals surface area contributed by atoms with Gasteiger partial charge < -0.3 is 24.7 Å². The average Bonchev–Trinajstić information content (AvgIpc) is 3.24. The van der Waals surface area contributed by atoms with E-state index in [0.29, 0.717) is 30.9 Å². The number of pyridine rings is 1. The smallest absolute Gasteiger partial charge is 0.256 e. The van der Waals surface area contributed by atoms with Crippen molar-refractivity contribution in [1.29, 1.82) is 0 Å². The zero-order valence-electron chi connectivity index (χ0n) is 17.1. The molecule has 1 aliphatic heterocycles. The van der Waals surface area contributed by atoms with Crippen molar-refractivity contribution in [2.24, 2.45) is 5.73 Å². The van der Waals surface area contributed by atoms with Gasteiger partial charge in [0.2, 0.25) is 5.91 Å². The Morgan fingerprint density at radius 2 is 2.14 bits per heavy atom. The second-order valence-corrected chi connectivity index (χ2v) is 7.32. The Hall–Kier alpha value is -2.87. The van der Waals surface area contributed by atoms with Crippen LogP contribution in [0.3, 0.4) is 0 Å². The van der Waals surface area contributed by atoms with Crippen LogP contribution in [0.4, 0.5) is 0 Å². The molecule has 0 bridgehead atoms. The third-order valence-corrected chi connectivity index (χ3v) is 5.32. The van der Waals surface area contributed by atoms with Crippen LogP contribution in [0.5, 0.6) is 5.75 Å². The summed E-state index contributed by atoms with van der Waals surface area (Å²) in [4.78, 5) is 30.9. The predicted octanol–water partition coefficient (Wildman–Crippen LogP) is 1.68. The van der Waals surface area contributed by atoms with E-state index in [0.717, 1.165) is 24.4 Å². The molecule has 1 aliphatic rings. The Bertz CT molecular complexity index is 865. The van der Waals surface area contributed by atoms with E-state index < -0.39 is 11.9 Å². The molecule has 2 aromatic rings. The van der Waals surface area contributed by atoms with Gasteiger partial charge in [-0.25, -0.2) is 0 Å². The van der Waals surface area contributed by atoms with Crippen LogP contribution in [0.15, 0.2) is 30.6 Å². The summed E-state index contributed by atoms with van der Waals surface area (Å²) in [5.74, 6) is -0.118. The number of carbonyl (C=O) groups excluding carboxylic acids is 2. The maximum absolute atomic E-state index is 13.3. The summed E-state index contributed by atoms with van der Waals surface area (Å²) < 4.78 is 13.1.